The van der Waals surface area contributed by atoms with Crippen LogP contribution in [-0.4, -0.2) is 11.7 Å². The van der Waals surface area contributed by atoms with E-state index >= 15 is 0 Å². The highest BCUT2D eigenvalue weighted by Gasteiger charge is 2.17. The van der Waals surface area contributed by atoms with E-state index in [-0.39, 0.29) is 12.1 Å². The second-order valence-electron chi connectivity index (χ2n) is 4.41. The van der Waals surface area contributed by atoms with Crippen molar-refractivity contribution in [1.29, 1.82) is 0 Å². The van der Waals surface area contributed by atoms with Crippen molar-refractivity contribution in [2.24, 2.45) is 0 Å². The lowest BCUT2D eigenvalue weighted by Gasteiger charge is -2.14. The molecule has 0 saturated carbocycles. The summed E-state index contributed by atoms with van der Waals surface area (Å²) in [6, 6.07) is 11.2. The summed E-state index contributed by atoms with van der Waals surface area (Å²) in [5.41, 5.74) is 0.717. The van der Waals surface area contributed by atoms with Gasteiger partial charge in [-0.1, -0.05) is 34.1 Å². The topological polar surface area (TPSA) is 32.3 Å². The van der Waals surface area contributed by atoms with Gasteiger partial charge in [-0.2, -0.15) is 0 Å². The predicted molar refractivity (Wildman–Crippen MR) is 77.2 cm³/mol. The van der Waals surface area contributed by atoms with Gasteiger partial charge in [0.1, 0.15) is 11.6 Å². The highest BCUT2D eigenvalue weighted by atomic mass is 79.9. The standard InChI is InChI=1S/C15H14BrF2NO/c16-11-4-1-3-10(7-11)8-19-9-14(20)15-12(17)5-2-6-13(15)18/h1-7,14,19-20H,8-9H2. The van der Waals surface area contributed by atoms with Crippen molar-refractivity contribution in [1.82, 2.24) is 5.32 Å². The fourth-order valence-electron chi connectivity index (χ4n) is 1.93. The van der Waals surface area contributed by atoms with Gasteiger partial charge < -0.3 is 10.4 Å². The molecule has 2 aromatic carbocycles. The number of hydrogen-bond donors (Lipinski definition) is 2. The summed E-state index contributed by atoms with van der Waals surface area (Å²) in [5, 5.41) is 12.8. The van der Waals surface area contributed by atoms with Crippen LogP contribution in [0.1, 0.15) is 17.2 Å². The van der Waals surface area contributed by atoms with Gasteiger partial charge in [-0.3, -0.25) is 0 Å². The summed E-state index contributed by atoms with van der Waals surface area (Å²) in [4.78, 5) is 0. The molecule has 2 rings (SSSR count). The normalized spacial score (nSPS) is 12.4. The minimum Gasteiger partial charge on any atom is -0.387 e. The molecule has 2 N–H and O–H groups in total. The molecule has 0 radical (unpaired) electrons. The molecule has 0 fully saturated rings. The van der Waals surface area contributed by atoms with Crippen LogP contribution in [0, 0.1) is 11.6 Å². The molecule has 0 aromatic heterocycles. The Balaban J connectivity index is 1.94. The monoisotopic (exact) mass is 341 g/mol. The lowest BCUT2D eigenvalue weighted by Crippen LogP contribution is -2.22. The summed E-state index contributed by atoms with van der Waals surface area (Å²) >= 11 is 3.36. The van der Waals surface area contributed by atoms with Crippen LogP contribution in [0.15, 0.2) is 46.9 Å². The SMILES string of the molecule is OC(CNCc1cccc(Br)c1)c1c(F)cccc1F. The first-order chi connectivity index (χ1) is 9.58. The molecule has 0 aliphatic heterocycles. The molecule has 20 heavy (non-hydrogen) atoms. The summed E-state index contributed by atoms with van der Waals surface area (Å²) in [6.07, 6.45) is -1.22. The van der Waals surface area contributed by atoms with Gasteiger partial charge in [0.2, 0.25) is 0 Å². The molecule has 0 aliphatic carbocycles. The van der Waals surface area contributed by atoms with Crippen LogP contribution in [0.25, 0.3) is 0 Å². The Hall–Kier alpha value is -1.30. The van der Waals surface area contributed by atoms with Gasteiger partial charge >= 0.3 is 0 Å². The minimum absolute atomic E-state index is 0.0738. The Morgan fingerprint density at radius 2 is 1.75 bits per heavy atom. The molecule has 0 amide bonds. The zero-order valence-electron chi connectivity index (χ0n) is 10.6. The van der Waals surface area contributed by atoms with Crippen LogP contribution in [0.4, 0.5) is 8.78 Å². The van der Waals surface area contributed by atoms with E-state index in [0.29, 0.717) is 6.54 Å². The van der Waals surface area contributed by atoms with Gasteiger partial charge in [0, 0.05) is 17.6 Å². The lowest BCUT2D eigenvalue weighted by atomic mass is 10.1. The van der Waals surface area contributed by atoms with E-state index in [9.17, 15) is 13.9 Å². The Kier molecular flexibility index (Phi) is 5.23. The number of aliphatic hydroxyl groups is 1. The summed E-state index contributed by atoms with van der Waals surface area (Å²) in [6.45, 7) is 0.580. The van der Waals surface area contributed by atoms with Crippen molar-refractivity contribution in [3.8, 4) is 0 Å². The molecular formula is C15H14BrF2NO. The van der Waals surface area contributed by atoms with Crippen molar-refractivity contribution in [2.45, 2.75) is 12.6 Å². The fourth-order valence-corrected chi connectivity index (χ4v) is 2.38. The van der Waals surface area contributed by atoms with Crippen LogP contribution < -0.4 is 5.32 Å². The van der Waals surface area contributed by atoms with Crippen LogP contribution in [0.2, 0.25) is 0 Å². The zero-order chi connectivity index (χ0) is 14.5. The number of hydrogen-bond acceptors (Lipinski definition) is 2. The quantitative estimate of drug-likeness (QED) is 0.871. The van der Waals surface area contributed by atoms with Gasteiger partial charge in [-0.05, 0) is 29.8 Å². The van der Waals surface area contributed by atoms with E-state index in [1.54, 1.807) is 0 Å². The van der Waals surface area contributed by atoms with Gasteiger partial charge in [0.05, 0.1) is 11.7 Å². The number of benzene rings is 2. The number of aliphatic hydroxyl groups excluding tert-OH is 1. The maximum Gasteiger partial charge on any atom is 0.131 e. The van der Waals surface area contributed by atoms with Crippen LogP contribution in [-0.2, 0) is 6.54 Å². The van der Waals surface area contributed by atoms with Crippen LogP contribution in [0.5, 0.6) is 0 Å². The van der Waals surface area contributed by atoms with Crippen molar-refractivity contribution < 1.29 is 13.9 Å². The second-order valence-corrected chi connectivity index (χ2v) is 5.33. The highest BCUT2D eigenvalue weighted by molar-refractivity contribution is 9.10. The van der Waals surface area contributed by atoms with E-state index in [1.165, 1.54) is 6.07 Å². The largest absolute Gasteiger partial charge is 0.387 e. The molecule has 0 spiro atoms. The molecule has 0 saturated heterocycles. The Labute approximate surface area is 124 Å². The first kappa shape index (κ1) is 15.1. The Bertz CT molecular complexity index is 572. The summed E-state index contributed by atoms with van der Waals surface area (Å²) < 4.78 is 27.9. The summed E-state index contributed by atoms with van der Waals surface area (Å²) in [7, 11) is 0. The fraction of sp³-hybridized carbons (Fsp3) is 0.200. The smallest absolute Gasteiger partial charge is 0.131 e. The molecule has 5 heteroatoms. The van der Waals surface area contributed by atoms with Gasteiger partial charge in [0.15, 0.2) is 0 Å². The van der Waals surface area contributed by atoms with E-state index in [0.717, 1.165) is 22.2 Å². The average molecular weight is 342 g/mol. The number of halogens is 3. The zero-order valence-corrected chi connectivity index (χ0v) is 12.2. The van der Waals surface area contributed by atoms with Crippen molar-refractivity contribution in [3.05, 3.63) is 69.7 Å². The molecule has 1 unspecified atom stereocenters. The van der Waals surface area contributed by atoms with Gasteiger partial charge in [-0.15, -0.1) is 0 Å². The van der Waals surface area contributed by atoms with E-state index < -0.39 is 17.7 Å². The molecule has 2 aromatic rings. The maximum absolute atomic E-state index is 13.5. The molecular weight excluding hydrogens is 328 g/mol. The first-order valence-electron chi connectivity index (χ1n) is 6.15. The third-order valence-electron chi connectivity index (χ3n) is 2.89. The molecule has 0 aliphatic rings. The maximum atomic E-state index is 13.5. The third-order valence-corrected chi connectivity index (χ3v) is 3.38. The molecule has 1 atom stereocenters. The molecule has 106 valence electrons. The molecule has 2 nitrogen and oxygen atoms in total. The minimum atomic E-state index is -1.22. The summed E-state index contributed by atoms with van der Waals surface area (Å²) in [5.74, 6) is -1.47. The highest BCUT2D eigenvalue weighted by Crippen LogP contribution is 2.20. The van der Waals surface area contributed by atoms with E-state index in [4.69, 9.17) is 0 Å². The Morgan fingerprint density at radius 1 is 1.10 bits per heavy atom. The van der Waals surface area contributed by atoms with Gasteiger partial charge in [-0.25, -0.2) is 8.78 Å². The number of rotatable bonds is 5. The van der Waals surface area contributed by atoms with Crippen molar-refractivity contribution in [2.75, 3.05) is 6.54 Å². The van der Waals surface area contributed by atoms with Gasteiger partial charge in [0.25, 0.3) is 0 Å². The van der Waals surface area contributed by atoms with E-state index in [1.807, 2.05) is 24.3 Å². The van der Waals surface area contributed by atoms with Crippen LogP contribution >= 0.6 is 15.9 Å². The Morgan fingerprint density at radius 3 is 2.40 bits per heavy atom. The second kappa shape index (κ2) is 6.92. The number of nitrogens with one attached hydrogen (secondary N) is 1. The van der Waals surface area contributed by atoms with Crippen LogP contribution in [0.3, 0.4) is 0 Å². The molecule has 0 heterocycles. The molecule has 0 bridgehead atoms. The third kappa shape index (κ3) is 3.85. The predicted octanol–water partition coefficient (Wildman–Crippen LogP) is 3.55. The van der Waals surface area contributed by atoms with Crippen molar-refractivity contribution >= 4 is 15.9 Å². The lowest BCUT2D eigenvalue weighted by molar-refractivity contribution is 0.164. The van der Waals surface area contributed by atoms with Crippen molar-refractivity contribution in [3.63, 3.8) is 0 Å². The average Bonchev–Trinajstić information content (AvgIpc) is 2.38. The first-order valence-corrected chi connectivity index (χ1v) is 6.94. The van der Waals surface area contributed by atoms with E-state index in [2.05, 4.69) is 21.2 Å².